The molecule has 1 aromatic rings. The Kier molecular flexibility index (Phi) is 5.92. The number of ether oxygens (including phenoxy) is 1. The molecule has 0 radical (unpaired) electrons. The minimum absolute atomic E-state index is 0.00689. The maximum Gasteiger partial charge on any atom is 0.357 e. The van der Waals surface area contributed by atoms with Crippen LogP contribution in [-0.4, -0.2) is 35.0 Å². The van der Waals surface area contributed by atoms with Crippen LogP contribution in [0.2, 0.25) is 5.02 Å². The Balaban J connectivity index is 1.82. The molecule has 124 valence electrons. The van der Waals surface area contributed by atoms with Crippen LogP contribution in [0.25, 0.3) is 0 Å². The van der Waals surface area contributed by atoms with Crippen LogP contribution in [0.5, 0.6) is 0 Å². The average Bonchev–Trinajstić information content (AvgIpc) is 2.99. The summed E-state index contributed by atoms with van der Waals surface area (Å²) in [5.74, 6) is -1.48. The molecule has 1 saturated carbocycles. The number of halogens is 1. The molecule has 0 bridgehead atoms. The van der Waals surface area contributed by atoms with Crippen LogP contribution in [0.15, 0.2) is 18.3 Å². The highest BCUT2D eigenvalue weighted by atomic mass is 35.5. The fourth-order valence-corrected chi connectivity index (χ4v) is 2.46. The van der Waals surface area contributed by atoms with Crippen molar-refractivity contribution in [2.24, 2.45) is 0 Å². The van der Waals surface area contributed by atoms with E-state index in [4.69, 9.17) is 16.3 Å². The fraction of sp³-hybridized carbons (Fsp3) is 0.467. The summed E-state index contributed by atoms with van der Waals surface area (Å²) in [5.41, 5.74) is -0.00689. The number of carbonyl (C=O) groups is 3. The number of pyridine rings is 1. The van der Waals surface area contributed by atoms with Gasteiger partial charge in [0, 0.05) is 17.3 Å². The van der Waals surface area contributed by atoms with Crippen LogP contribution in [0.4, 0.5) is 4.79 Å². The normalized spacial score (nSPS) is 15.7. The Morgan fingerprint density at radius 1 is 1.35 bits per heavy atom. The Morgan fingerprint density at radius 3 is 2.70 bits per heavy atom. The topological polar surface area (TPSA) is 97.4 Å². The Bertz CT molecular complexity index is 602. The minimum Gasteiger partial charge on any atom is -0.448 e. The standard InChI is InChI=1S/C15H18ClN3O4/c1-9(23-14(21)12-8-10(16)6-7-17-12)13(20)19-15(22)18-11-4-2-3-5-11/h6-9,11H,2-5H2,1H3,(H2,18,19,20,22)/t9-/m1/s1. The van der Waals surface area contributed by atoms with Crippen molar-refractivity contribution in [1.82, 2.24) is 15.6 Å². The number of esters is 1. The molecule has 1 aliphatic rings. The van der Waals surface area contributed by atoms with Crippen LogP contribution in [0, 0.1) is 0 Å². The van der Waals surface area contributed by atoms with Gasteiger partial charge < -0.3 is 10.1 Å². The van der Waals surface area contributed by atoms with Crippen molar-refractivity contribution in [3.05, 3.63) is 29.0 Å². The van der Waals surface area contributed by atoms with E-state index >= 15 is 0 Å². The first-order valence-electron chi connectivity index (χ1n) is 7.39. The Morgan fingerprint density at radius 2 is 2.04 bits per heavy atom. The quantitative estimate of drug-likeness (QED) is 0.818. The van der Waals surface area contributed by atoms with E-state index in [9.17, 15) is 14.4 Å². The van der Waals surface area contributed by atoms with Gasteiger partial charge in [-0.25, -0.2) is 14.6 Å². The van der Waals surface area contributed by atoms with Gasteiger partial charge in [0.2, 0.25) is 0 Å². The Hall–Kier alpha value is -2.15. The highest BCUT2D eigenvalue weighted by Crippen LogP contribution is 2.17. The molecule has 1 fully saturated rings. The molecule has 3 amide bonds. The lowest BCUT2D eigenvalue weighted by Gasteiger charge is -2.15. The second-order valence-electron chi connectivity index (χ2n) is 5.35. The lowest BCUT2D eigenvalue weighted by Crippen LogP contribution is -2.47. The summed E-state index contributed by atoms with van der Waals surface area (Å²) in [5, 5.41) is 5.21. The highest BCUT2D eigenvalue weighted by molar-refractivity contribution is 6.30. The molecule has 0 aromatic carbocycles. The molecule has 1 aliphatic carbocycles. The smallest absolute Gasteiger partial charge is 0.357 e. The van der Waals surface area contributed by atoms with Crippen molar-refractivity contribution in [2.75, 3.05) is 0 Å². The highest BCUT2D eigenvalue weighted by Gasteiger charge is 2.23. The third kappa shape index (κ3) is 5.21. The largest absolute Gasteiger partial charge is 0.448 e. The molecular formula is C15H18ClN3O4. The van der Waals surface area contributed by atoms with Gasteiger partial charge in [0.25, 0.3) is 5.91 Å². The van der Waals surface area contributed by atoms with Crippen LogP contribution in [0.1, 0.15) is 43.1 Å². The van der Waals surface area contributed by atoms with Crippen LogP contribution >= 0.6 is 11.6 Å². The van der Waals surface area contributed by atoms with E-state index < -0.39 is 24.0 Å². The zero-order chi connectivity index (χ0) is 16.8. The first-order valence-corrected chi connectivity index (χ1v) is 7.77. The number of aromatic nitrogens is 1. The van der Waals surface area contributed by atoms with Crippen LogP contribution in [-0.2, 0) is 9.53 Å². The maximum atomic E-state index is 11.9. The van der Waals surface area contributed by atoms with Gasteiger partial charge >= 0.3 is 12.0 Å². The Labute approximate surface area is 138 Å². The van der Waals surface area contributed by atoms with Crippen LogP contribution < -0.4 is 10.6 Å². The third-order valence-electron chi connectivity index (χ3n) is 3.51. The summed E-state index contributed by atoms with van der Waals surface area (Å²) in [4.78, 5) is 39.2. The SMILES string of the molecule is C[C@@H](OC(=O)c1cc(Cl)ccn1)C(=O)NC(=O)NC1CCCC1. The van der Waals surface area contributed by atoms with Gasteiger partial charge in [-0.15, -0.1) is 0 Å². The minimum atomic E-state index is -1.13. The molecule has 23 heavy (non-hydrogen) atoms. The first-order chi connectivity index (χ1) is 11.0. The summed E-state index contributed by atoms with van der Waals surface area (Å²) < 4.78 is 4.97. The first kappa shape index (κ1) is 17.2. The molecule has 0 saturated heterocycles. The summed E-state index contributed by atoms with van der Waals surface area (Å²) in [7, 11) is 0. The number of carbonyl (C=O) groups excluding carboxylic acids is 3. The zero-order valence-corrected chi connectivity index (χ0v) is 13.4. The number of rotatable bonds is 4. The molecule has 7 nitrogen and oxygen atoms in total. The van der Waals surface area contributed by atoms with Gasteiger partial charge in [-0.1, -0.05) is 24.4 Å². The molecule has 8 heteroatoms. The number of urea groups is 1. The van der Waals surface area contributed by atoms with E-state index in [1.165, 1.54) is 25.3 Å². The average molecular weight is 340 g/mol. The molecule has 0 spiro atoms. The number of hydrogen-bond donors (Lipinski definition) is 2. The monoisotopic (exact) mass is 339 g/mol. The van der Waals surface area contributed by atoms with Gasteiger partial charge in [0.15, 0.2) is 6.10 Å². The lowest BCUT2D eigenvalue weighted by atomic mass is 10.2. The summed E-state index contributed by atoms with van der Waals surface area (Å²) in [6.45, 7) is 1.38. The van der Waals surface area contributed by atoms with E-state index in [-0.39, 0.29) is 11.7 Å². The van der Waals surface area contributed by atoms with Crippen molar-refractivity contribution in [1.29, 1.82) is 0 Å². The molecule has 2 N–H and O–H groups in total. The summed E-state index contributed by atoms with van der Waals surface area (Å²) >= 11 is 5.76. The van der Waals surface area contributed by atoms with Gasteiger partial charge in [-0.2, -0.15) is 0 Å². The second-order valence-corrected chi connectivity index (χ2v) is 5.79. The third-order valence-corrected chi connectivity index (χ3v) is 3.75. The number of imide groups is 1. The van der Waals surface area contributed by atoms with Crippen molar-refractivity contribution < 1.29 is 19.1 Å². The van der Waals surface area contributed by atoms with Gasteiger partial charge in [-0.05, 0) is 31.9 Å². The summed E-state index contributed by atoms with van der Waals surface area (Å²) in [6, 6.07) is 2.37. The van der Waals surface area contributed by atoms with Gasteiger partial charge in [0.1, 0.15) is 5.69 Å². The van der Waals surface area contributed by atoms with E-state index in [1.807, 2.05) is 0 Å². The molecule has 2 rings (SSSR count). The molecule has 1 heterocycles. The molecular weight excluding hydrogens is 322 g/mol. The van der Waals surface area contributed by atoms with E-state index in [2.05, 4.69) is 15.6 Å². The van der Waals surface area contributed by atoms with Crippen molar-refractivity contribution in [3.63, 3.8) is 0 Å². The van der Waals surface area contributed by atoms with Gasteiger partial charge in [0.05, 0.1) is 0 Å². The van der Waals surface area contributed by atoms with Crippen LogP contribution in [0.3, 0.4) is 0 Å². The van der Waals surface area contributed by atoms with Gasteiger partial charge in [-0.3, -0.25) is 10.1 Å². The number of nitrogens with one attached hydrogen (secondary N) is 2. The van der Waals surface area contributed by atoms with E-state index in [1.54, 1.807) is 0 Å². The van der Waals surface area contributed by atoms with Crippen molar-refractivity contribution in [2.45, 2.75) is 44.8 Å². The van der Waals surface area contributed by atoms with Crippen molar-refractivity contribution >= 4 is 29.5 Å². The second kappa shape index (κ2) is 7.92. The van der Waals surface area contributed by atoms with E-state index in [0.717, 1.165) is 25.7 Å². The number of hydrogen-bond acceptors (Lipinski definition) is 5. The number of nitrogens with zero attached hydrogens (tertiary/aromatic N) is 1. The molecule has 1 aromatic heterocycles. The maximum absolute atomic E-state index is 11.9. The molecule has 0 aliphatic heterocycles. The molecule has 0 unspecified atom stereocenters. The number of amides is 3. The van der Waals surface area contributed by atoms with E-state index in [0.29, 0.717) is 5.02 Å². The summed E-state index contributed by atoms with van der Waals surface area (Å²) in [6.07, 6.45) is 4.19. The van der Waals surface area contributed by atoms with Crippen molar-refractivity contribution in [3.8, 4) is 0 Å². The fourth-order valence-electron chi connectivity index (χ4n) is 2.30. The zero-order valence-electron chi connectivity index (χ0n) is 12.7. The predicted octanol–water partition coefficient (Wildman–Crippen LogP) is 2.05. The molecule has 1 atom stereocenters. The predicted molar refractivity (Wildman–Crippen MR) is 83.1 cm³/mol. The lowest BCUT2D eigenvalue weighted by molar-refractivity contribution is -0.127.